The van der Waals surface area contributed by atoms with Crippen molar-refractivity contribution in [1.82, 2.24) is 5.32 Å². The van der Waals surface area contributed by atoms with Gasteiger partial charge in [0.15, 0.2) is 0 Å². The Bertz CT molecular complexity index is 376. The lowest BCUT2D eigenvalue weighted by Crippen LogP contribution is -2.31. The van der Waals surface area contributed by atoms with Crippen molar-refractivity contribution in [2.24, 2.45) is 17.6 Å². The van der Waals surface area contributed by atoms with Crippen molar-refractivity contribution in [3.05, 3.63) is 39.9 Å². The third kappa shape index (κ3) is 4.43. The predicted molar refractivity (Wildman–Crippen MR) is 72.2 cm³/mol. The van der Waals surface area contributed by atoms with E-state index in [9.17, 15) is 10.1 Å². The van der Waals surface area contributed by atoms with Gasteiger partial charge in [0.05, 0.1) is 4.92 Å². The summed E-state index contributed by atoms with van der Waals surface area (Å²) in [4.78, 5) is 10.1. The van der Waals surface area contributed by atoms with E-state index in [1.165, 1.54) is 12.1 Å². The molecular weight excluding hydrogens is 230 g/mol. The van der Waals surface area contributed by atoms with Gasteiger partial charge >= 0.3 is 0 Å². The molecule has 18 heavy (non-hydrogen) atoms. The molecule has 3 N–H and O–H groups in total. The molecule has 0 saturated heterocycles. The summed E-state index contributed by atoms with van der Waals surface area (Å²) in [6.07, 6.45) is 0. The zero-order valence-electron chi connectivity index (χ0n) is 10.9. The van der Waals surface area contributed by atoms with Crippen LogP contribution in [0.4, 0.5) is 5.69 Å². The van der Waals surface area contributed by atoms with Gasteiger partial charge in [0.2, 0.25) is 0 Å². The fourth-order valence-electron chi connectivity index (χ4n) is 1.73. The van der Waals surface area contributed by atoms with E-state index in [0.29, 0.717) is 24.9 Å². The Labute approximate surface area is 108 Å². The molecule has 1 aromatic carbocycles. The number of benzene rings is 1. The molecule has 0 fully saturated rings. The molecule has 0 bridgehead atoms. The van der Waals surface area contributed by atoms with E-state index in [4.69, 9.17) is 5.73 Å². The maximum Gasteiger partial charge on any atom is 0.269 e. The standard InChI is InChI=1S/C13H21N3O2/c1-10(2)12(7-14)9-15-8-11-3-5-13(6-4-11)16(17)18/h3-6,10,12,15H,7-9,14H2,1-2H3. The predicted octanol–water partition coefficient (Wildman–Crippen LogP) is 1.92. The molecular formula is C13H21N3O2. The average molecular weight is 251 g/mol. The van der Waals surface area contributed by atoms with Gasteiger partial charge in [-0.25, -0.2) is 0 Å². The van der Waals surface area contributed by atoms with Gasteiger partial charge in [-0.2, -0.15) is 0 Å². The fourth-order valence-corrected chi connectivity index (χ4v) is 1.73. The molecule has 0 amide bonds. The minimum Gasteiger partial charge on any atom is -0.330 e. The maximum absolute atomic E-state index is 10.5. The summed E-state index contributed by atoms with van der Waals surface area (Å²) in [6.45, 7) is 6.56. The SMILES string of the molecule is CC(C)C(CN)CNCc1ccc([N+](=O)[O-])cc1. The first kappa shape index (κ1) is 14.6. The van der Waals surface area contributed by atoms with Gasteiger partial charge in [-0.1, -0.05) is 26.0 Å². The van der Waals surface area contributed by atoms with Gasteiger partial charge in [0.25, 0.3) is 5.69 Å². The van der Waals surface area contributed by atoms with Crippen LogP contribution in [0.3, 0.4) is 0 Å². The van der Waals surface area contributed by atoms with E-state index in [-0.39, 0.29) is 10.6 Å². The molecule has 0 aromatic heterocycles. The molecule has 1 unspecified atom stereocenters. The van der Waals surface area contributed by atoms with E-state index in [0.717, 1.165) is 12.1 Å². The van der Waals surface area contributed by atoms with Crippen LogP contribution in [0.15, 0.2) is 24.3 Å². The number of hydrogen-bond acceptors (Lipinski definition) is 4. The van der Waals surface area contributed by atoms with Crippen molar-refractivity contribution in [2.45, 2.75) is 20.4 Å². The second-order valence-corrected chi connectivity index (χ2v) is 4.79. The Morgan fingerprint density at radius 3 is 2.39 bits per heavy atom. The Balaban J connectivity index is 2.42. The third-order valence-corrected chi connectivity index (χ3v) is 3.13. The number of nitro benzene ring substituents is 1. The highest BCUT2D eigenvalue weighted by Gasteiger charge is 2.10. The normalized spacial score (nSPS) is 12.7. The Hall–Kier alpha value is -1.46. The van der Waals surface area contributed by atoms with Crippen LogP contribution < -0.4 is 11.1 Å². The van der Waals surface area contributed by atoms with E-state index >= 15 is 0 Å². The van der Waals surface area contributed by atoms with Crippen molar-refractivity contribution in [2.75, 3.05) is 13.1 Å². The lowest BCUT2D eigenvalue weighted by Gasteiger charge is -2.19. The van der Waals surface area contributed by atoms with E-state index in [1.54, 1.807) is 12.1 Å². The van der Waals surface area contributed by atoms with Crippen LogP contribution in [0.1, 0.15) is 19.4 Å². The van der Waals surface area contributed by atoms with Crippen molar-refractivity contribution < 1.29 is 4.92 Å². The van der Waals surface area contributed by atoms with Crippen molar-refractivity contribution in [3.8, 4) is 0 Å². The summed E-state index contributed by atoms with van der Waals surface area (Å²) in [6, 6.07) is 6.61. The quantitative estimate of drug-likeness (QED) is 0.573. The monoisotopic (exact) mass is 251 g/mol. The highest BCUT2D eigenvalue weighted by atomic mass is 16.6. The number of rotatable bonds is 7. The zero-order valence-corrected chi connectivity index (χ0v) is 10.9. The highest BCUT2D eigenvalue weighted by molar-refractivity contribution is 5.32. The van der Waals surface area contributed by atoms with Crippen LogP contribution >= 0.6 is 0 Å². The summed E-state index contributed by atoms with van der Waals surface area (Å²) in [5, 5.41) is 13.8. The minimum absolute atomic E-state index is 0.126. The van der Waals surface area contributed by atoms with Gasteiger partial charge in [0, 0.05) is 18.7 Å². The Morgan fingerprint density at radius 1 is 1.33 bits per heavy atom. The second-order valence-electron chi connectivity index (χ2n) is 4.79. The van der Waals surface area contributed by atoms with Gasteiger partial charge in [-0.3, -0.25) is 10.1 Å². The van der Waals surface area contributed by atoms with E-state index in [2.05, 4.69) is 19.2 Å². The smallest absolute Gasteiger partial charge is 0.269 e. The molecule has 1 rings (SSSR count). The number of nitrogens with zero attached hydrogens (tertiary/aromatic N) is 1. The van der Waals surface area contributed by atoms with Crippen molar-refractivity contribution in [1.29, 1.82) is 0 Å². The molecule has 5 nitrogen and oxygen atoms in total. The largest absolute Gasteiger partial charge is 0.330 e. The minimum atomic E-state index is -0.388. The van der Waals surface area contributed by atoms with Gasteiger partial charge in [0.1, 0.15) is 0 Å². The second kappa shape index (κ2) is 7.08. The highest BCUT2D eigenvalue weighted by Crippen LogP contribution is 2.12. The number of hydrogen-bond donors (Lipinski definition) is 2. The maximum atomic E-state index is 10.5. The van der Waals surface area contributed by atoms with Gasteiger partial charge < -0.3 is 11.1 Å². The summed E-state index contributed by atoms with van der Waals surface area (Å²) >= 11 is 0. The van der Waals surface area contributed by atoms with Crippen LogP contribution in [-0.4, -0.2) is 18.0 Å². The number of nitro groups is 1. The number of non-ortho nitro benzene ring substituents is 1. The molecule has 0 radical (unpaired) electrons. The molecule has 0 aliphatic carbocycles. The summed E-state index contributed by atoms with van der Waals surface area (Å²) in [7, 11) is 0. The van der Waals surface area contributed by atoms with Crippen molar-refractivity contribution in [3.63, 3.8) is 0 Å². The lowest BCUT2D eigenvalue weighted by atomic mass is 9.96. The average Bonchev–Trinajstić information content (AvgIpc) is 2.34. The van der Waals surface area contributed by atoms with Crippen LogP contribution in [0.5, 0.6) is 0 Å². The fraction of sp³-hybridized carbons (Fsp3) is 0.538. The van der Waals surface area contributed by atoms with E-state index < -0.39 is 0 Å². The zero-order chi connectivity index (χ0) is 13.5. The number of nitrogens with two attached hydrogens (primary N) is 1. The van der Waals surface area contributed by atoms with Crippen LogP contribution in [0.25, 0.3) is 0 Å². The third-order valence-electron chi connectivity index (χ3n) is 3.13. The summed E-state index contributed by atoms with van der Waals surface area (Å²) in [5.41, 5.74) is 6.86. The van der Waals surface area contributed by atoms with Crippen molar-refractivity contribution >= 4 is 5.69 Å². The molecule has 0 saturated carbocycles. The molecule has 100 valence electrons. The topological polar surface area (TPSA) is 81.2 Å². The first-order valence-corrected chi connectivity index (χ1v) is 6.18. The molecule has 0 heterocycles. The van der Waals surface area contributed by atoms with Crippen LogP contribution in [0, 0.1) is 22.0 Å². The van der Waals surface area contributed by atoms with Gasteiger partial charge in [-0.15, -0.1) is 0 Å². The van der Waals surface area contributed by atoms with Crippen LogP contribution in [0.2, 0.25) is 0 Å². The molecule has 1 aromatic rings. The molecule has 0 aliphatic rings. The number of nitrogens with one attached hydrogen (secondary N) is 1. The first-order valence-electron chi connectivity index (χ1n) is 6.18. The lowest BCUT2D eigenvalue weighted by molar-refractivity contribution is -0.384. The van der Waals surface area contributed by atoms with E-state index in [1.807, 2.05) is 0 Å². The summed E-state index contributed by atoms with van der Waals surface area (Å²) < 4.78 is 0. The van der Waals surface area contributed by atoms with Gasteiger partial charge in [-0.05, 0) is 30.5 Å². The molecule has 1 atom stereocenters. The van der Waals surface area contributed by atoms with Crippen LogP contribution in [-0.2, 0) is 6.54 Å². The first-order chi connectivity index (χ1) is 8.54. The summed E-state index contributed by atoms with van der Waals surface area (Å²) in [5.74, 6) is 1.02. The molecule has 5 heteroatoms. The molecule has 0 aliphatic heterocycles. The Morgan fingerprint density at radius 2 is 1.94 bits per heavy atom. The molecule has 0 spiro atoms. The Kier molecular flexibility index (Phi) is 5.74.